The second-order valence-electron chi connectivity index (χ2n) is 4.73. The van der Waals surface area contributed by atoms with Gasteiger partial charge in [0.15, 0.2) is 0 Å². The molecule has 1 rings (SSSR count). The van der Waals surface area contributed by atoms with Crippen molar-refractivity contribution in [3.8, 4) is 0 Å². The second-order valence-corrected chi connectivity index (χ2v) is 6.77. The van der Waals surface area contributed by atoms with Crippen LogP contribution in [-0.2, 0) is 0 Å². The predicted molar refractivity (Wildman–Crippen MR) is 81.2 cm³/mol. The van der Waals surface area contributed by atoms with Crippen molar-refractivity contribution in [3.63, 3.8) is 0 Å². The third-order valence-corrected chi connectivity index (χ3v) is 5.52. The fraction of sp³-hybridized carbons (Fsp3) is 0.500. The Morgan fingerprint density at radius 2 is 2.00 bits per heavy atom. The summed E-state index contributed by atoms with van der Waals surface area (Å²) >= 11 is 0. The predicted octanol–water partition coefficient (Wildman–Crippen LogP) is 5.21. The fourth-order valence-corrected chi connectivity index (χ4v) is 3.55. The average molecular weight is 252 g/mol. The average Bonchev–Trinajstić information content (AvgIpc) is 2.75. The quantitative estimate of drug-likeness (QED) is 0.603. The molecule has 0 bridgehead atoms. The molecule has 0 saturated carbocycles. The molecular weight excluding hydrogens is 230 g/mol. The van der Waals surface area contributed by atoms with Gasteiger partial charge in [-0.25, -0.2) is 0 Å². The molecule has 1 atom stereocenters. The van der Waals surface area contributed by atoms with Crippen LogP contribution in [-0.4, -0.2) is 13.0 Å². The van der Waals surface area contributed by atoms with Crippen LogP contribution in [0, 0.1) is 5.41 Å². The van der Waals surface area contributed by atoms with Crippen LogP contribution in [0.5, 0.6) is 0 Å². The molecule has 0 fully saturated rings. The maximum Gasteiger partial charge on any atom is 0.0115 e. The Bertz CT molecular complexity index is 382. The van der Waals surface area contributed by atoms with Gasteiger partial charge in [-0.05, 0) is 32.5 Å². The number of rotatable bonds is 4. The molecule has 0 saturated heterocycles. The minimum Gasteiger partial charge on any atom is -0.0984 e. The summed E-state index contributed by atoms with van der Waals surface area (Å²) in [6.45, 7) is 11.5. The highest BCUT2D eigenvalue weighted by Crippen LogP contribution is 2.46. The fourth-order valence-electron chi connectivity index (χ4n) is 2.09. The van der Waals surface area contributed by atoms with Gasteiger partial charge in [0.2, 0.25) is 0 Å². The Kier molecular flexibility index (Phi) is 4.72. The molecule has 0 aromatic heterocycles. The standard InChI is InChI=1S/C14H22P2/c1-10(11(2)15-5)14(3,4)12-8-7-9-13(12)16-6/h8-9,15H,6-7H2,1-5H3/b11-10-. The normalized spacial score (nSPS) is 19.1. The highest BCUT2D eigenvalue weighted by molar-refractivity contribution is 7.42. The Hall–Kier alpha value is -0.180. The summed E-state index contributed by atoms with van der Waals surface area (Å²) in [7, 11) is 2.06. The first-order valence-corrected chi connectivity index (χ1v) is 8.26. The first-order chi connectivity index (χ1) is 7.45. The zero-order valence-corrected chi connectivity index (χ0v) is 12.9. The van der Waals surface area contributed by atoms with Crippen LogP contribution in [0.3, 0.4) is 0 Å². The molecule has 2 heteroatoms. The molecule has 1 aliphatic carbocycles. The molecule has 88 valence electrons. The van der Waals surface area contributed by atoms with Gasteiger partial charge in [0.1, 0.15) is 0 Å². The Balaban J connectivity index is 3.13. The lowest BCUT2D eigenvalue weighted by Gasteiger charge is -2.30. The molecule has 0 nitrogen and oxygen atoms in total. The molecule has 0 aliphatic heterocycles. The molecule has 0 spiro atoms. The van der Waals surface area contributed by atoms with Crippen LogP contribution >= 0.6 is 16.8 Å². The minimum absolute atomic E-state index is 0.167. The van der Waals surface area contributed by atoms with E-state index in [2.05, 4.69) is 52.8 Å². The molecular formula is C14H22P2. The van der Waals surface area contributed by atoms with Crippen LogP contribution < -0.4 is 0 Å². The van der Waals surface area contributed by atoms with Gasteiger partial charge < -0.3 is 0 Å². The minimum atomic E-state index is 0.167. The smallest absolute Gasteiger partial charge is 0.0115 e. The highest BCUT2D eigenvalue weighted by Gasteiger charge is 2.29. The molecule has 1 unspecified atom stereocenters. The van der Waals surface area contributed by atoms with Crippen LogP contribution in [0.4, 0.5) is 0 Å². The summed E-state index contributed by atoms with van der Waals surface area (Å²) in [5, 5.41) is 2.95. The number of hydrogen-bond donors (Lipinski definition) is 0. The van der Waals surface area contributed by atoms with Gasteiger partial charge in [-0.2, -0.15) is 0 Å². The first kappa shape index (κ1) is 13.9. The van der Waals surface area contributed by atoms with E-state index in [9.17, 15) is 0 Å². The van der Waals surface area contributed by atoms with Crippen molar-refractivity contribution in [1.29, 1.82) is 0 Å². The van der Waals surface area contributed by atoms with Crippen LogP contribution in [0.15, 0.2) is 33.9 Å². The van der Waals surface area contributed by atoms with Crippen molar-refractivity contribution in [3.05, 3.63) is 33.9 Å². The second kappa shape index (κ2) is 5.44. The van der Waals surface area contributed by atoms with Gasteiger partial charge in [-0.15, -0.1) is 0 Å². The lowest BCUT2D eigenvalue weighted by molar-refractivity contribution is 0.548. The van der Waals surface area contributed by atoms with E-state index in [1.54, 1.807) is 0 Å². The van der Waals surface area contributed by atoms with Crippen molar-refractivity contribution < 1.29 is 0 Å². The van der Waals surface area contributed by atoms with Crippen molar-refractivity contribution in [2.24, 2.45) is 5.41 Å². The van der Waals surface area contributed by atoms with Crippen LogP contribution in [0.1, 0.15) is 34.1 Å². The summed E-state index contributed by atoms with van der Waals surface area (Å²) in [4.78, 5) is 0. The third-order valence-electron chi connectivity index (χ3n) is 3.63. The number of allylic oxidation sites excluding steroid dienone is 6. The molecule has 0 radical (unpaired) electrons. The van der Waals surface area contributed by atoms with E-state index in [4.69, 9.17) is 0 Å². The van der Waals surface area contributed by atoms with Crippen molar-refractivity contribution in [2.75, 3.05) is 6.66 Å². The summed E-state index contributed by atoms with van der Waals surface area (Å²) in [5.74, 6) is 0. The summed E-state index contributed by atoms with van der Waals surface area (Å²) in [5.41, 5.74) is 3.18. The van der Waals surface area contributed by atoms with Crippen molar-refractivity contribution >= 4 is 23.1 Å². The van der Waals surface area contributed by atoms with Crippen molar-refractivity contribution in [2.45, 2.75) is 34.1 Å². The molecule has 1 aliphatic rings. The Morgan fingerprint density at radius 3 is 2.50 bits per heavy atom. The van der Waals surface area contributed by atoms with Gasteiger partial charge >= 0.3 is 0 Å². The Labute approximate surface area is 103 Å². The first-order valence-electron chi connectivity index (χ1n) is 5.68. The van der Waals surface area contributed by atoms with E-state index < -0.39 is 0 Å². The lowest BCUT2D eigenvalue weighted by Crippen LogP contribution is -2.17. The topological polar surface area (TPSA) is 0 Å². The summed E-state index contributed by atoms with van der Waals surface area (Å²) in [6.07, 6.45) is 9.76. The number of hydrogen-bond acceptors (Lipinski definition) is 0. The zero-order chi connectivity index (χ0) is 12.3. The van der Waals surface area contributed by atoms with Gasteiger partial charge in [0.25, 0.3) is 0 Å². The van der Waals surface area contributed by atoms with Crippen LogP contribution in [0.2, 0.25) is 0 Å². The lowest BCUT2D eigenvalue weighted by atomic mass is 9.78. The molecule has 0 aromatic rings. The SMILES string of the molecule is C=PC1=CCC=C1C(C)(C)/C(C)=C(/C)PC. The largest absolute Gasteiger partial charge is 0.0984 e. The van der Waals surface area contributed by atoms with E-state index >= 15 is 0 Å². The zero-order valence-electron chi connectivity index (χ0n) is 11.0. The Morgan fingerprint density at radius 1 is 1.38 bits per heavy atom. The van der Waals surface area contributed by atoms with E-state index in [0.29, 0.717) is 0 Å². The van der Waals surface area contributed by atoms with Crippen LogP contribution in [0.25, 0.3) is 0 Å². The third kappa shape index (κ3) is 2.55. The van der Waals surface area contributed by atoms with Gasteiger partial charge in [-0.1, -0.05) is 60.0 Å². The van der Waals surface area contributed by atoms with E-state index in [0.717, 1.165) is 23.2 Å². The molecule has 0 N–H and O–H groups in total. The summed E-state index contributed by atoms with van der Waals surface area (Å²) in [6, 6.07) is 0. The molecule has 0 heterocycles. The summed E-state index contributed by atoms with van der Waals surface area (Å²) < 4.78 is 0. The molecule has 0 amide bonds. The van der Waals surface area contributed by atoms with E-state index in [1.165, 1.54) is 21.8 Å². The van der Waals surface area contributed by atoms with Gasteiger partial charge in [0, 0.05) is 10.7 Å². The molecule has 0 aromatic carbocycles. The molecule has 16 heavy (non-hydrogen) atoms. The monoisotopic (exact) mass is 252 g/mol. The maximum absolute atomic E-state index is 4.00. The van der Waals surface area contributed by atoms with E-state index in [1.807, 2.05) is 0 Å². The van der Waals surface area contributed by atoms with Crippen molar-refractivity contribution in [1.82, 2.24) is 0 Å². The highest BCUT2D eigenvalue weighted by atomic mass is 31.1. The van der Waals surface area contributed by atoms with Gasteiger partial charge in [-0.3, -0.25) is 0 Å². The van der Waals surface area contributed by atoms with Gasteiger partial charge in [0.05, 0.1) is 0 Å². The van der Waals surface area contributed by atoms with E-state index in [-0.39, 0.29) is 5.41 Å². The maximum atomic E-state index is 4.00.